The zero-order valence-electron chi connectivity index (χ0n) is 14.0. The van der Waals surface area contributed by atoms with Crippen molar-refractivity contribution in [2.24, 2.45) is 5.41 Å². The van der Waals surface area contributed by atoms with E-state index in [1.54, 1.807) is 0 Å². The quantitative estimate of drug-likeness (QED) is 0.600. The van der Waals surface area contributed by atoms with E-state index in [9.17, 15) is 0 Å². The summed E-state index contributed by atoms with van der Waals surface area (Å²) in [4.78, 5) is 0. The summed E-state index contributed by atoms with van der Waals surface area (Å²) in [7, 11) is 0. The molecule has 0 aromatic heterocycles. The first kappa shape index (κ1) is 17.2. The second-order valence-corrected chi connectivity index (χ2v) is 7.15. The Hall–Kier alpha value is -0.820. The third-order valence-corrected chi connectivity index (χ3v) is 3.51. The molecule has 0 aliphatic rings. The highest BCUT2D eigenvalue weighted by molar-refractivity contribution is 5.24. The van der Waals surface area contributed by atoms with Crippen LogP contribution >= 0.6 is 0 Å². The Morgan fingerprint density at radius 1 is 0.950 bits per heavy atom. The summed E-state index contributed by atoms with van der Waals surface area (Å²) < 4.78 is 0. The molecule has 1 nitrogen and oxygen atoms in total. The van der Waals surface area contributed by atoms with Crippen LogP contribution in [0.4, 0.5) is 0 Å². The smallest absolute Gasteiger partial charge is 0.0205 e. The molecule has 20 heavy (non-hydrogen) atoms. The van der Waals surface area contributed by atoms with Crippen LogP contribution in [0, 0.1) is 5.41 Å². The van der Waals surface area contributed by atoms with Crippen LogP contribution in [0.25, 0.3) is 0 Å². The summed E-state index contributed by atoms with van der Waals surface area (Å²) in [5.74, 6) is 0. The normalized spacial score (nSPS) is 11.8. The SMILES string of the molecule is CCCCCCCNCc1cccc(CC(C)(C)C)c1. The van der Waals surface area contributed by atoms with E-state index in [0.29, 0.717) is 5.41 Å². The van der Waals surface area contributed by atoms with Crippen LogP contribution in [0.1, 0.15) is 70.9 Å². The van der Waals surface area contributed by atoms with Gasteiger partial charge in [-0.15, -0.1) is 0 Å². The molecule has 0 saturated carbocycles. The van der Waals surface area contributed by atoms with Gasteiger partial charge in [-0.05, 0) is 35.9 Å². The van der Waals surface area contributed by atoms with Crippen LogP contribution < -0.4 is 5.32 Å². The Bertz CT molecular complexity index is 362. The highest BCUT2D eigenvalue weighted by Crippen LogP contribution is 2.21. The third kappa shape index (κ3) is 8.37. The van der Waals surface area contributed by atoms with Crippen molar-refractivity contribution in [3.05, 3.63) is 35.4 Å². The standard InChI is InChI=1S/C19H33N/c1-5-6-7-8-9-13-20-16-18-12-10-11-17(14-18)15-19(2,3)4/h10-12,14,20H,5-9,13,15-16H2,1-4H3. The Balaban J connectivity index is 2.25. The molecular weight excluding hydrogens is 242 g/mol. The van der Waals surface area contributed by atoms with Gasteiger partial charge in [0.25, 0.3) is 0 Å². The van der Waals surface area contributed by atoms with E-state index >= 15 is 0 Å². The minimum Gasteiger partial charge on any atom is -0.313 e. The van der Waals surface area contributed by atoms with Gasteiger partial charge in [0.1, 0.15) is 0 Å². The number of unbranched alkanes of at least 4 members (excludes halogenated alkanes) is 4. The summed E-state index contributed by atoms with van der Waals surface area (Å²) in [6, 6.07) is 9.03. The maximum Gasteiger partial charge on any atom is 0.0205 e. The van der Waals surface area contributed by atoms with E-state index in [2.05, 4.69) is 57.3 Å². The van der Waals surface area contributed by atoms with Crippen molar-refractivity contribution < 1.29 is 0 Å². The summed E-state index contributed by atoms with van der Waals surface area (Å²) in [6.07, 6.45) is 7.92. The number of hydrogen-bond acceptors (Lipinski definition) is 1. The number of rotatable bonds is 9. The van der Waals surface area contributed by atoms with E-state index in [0.717, 1.165) is 19.5 Å². The molecule has 1 aromatic rings. The van der Waals surface area contributed by atoms with Crippen molar-refractivity contribution >= 4 is 0 Å². The third-order valence-electron chi connectivity index (χ3n) is 3.51. The first-order valence-electron chi connectivity index (χ1n) is 8.30. The summed E-state index contributed by atoms with van der Waals surface area (Å²) in [5.41, 5.74) is 3.24. The molecule has 0 heterocycles. The molecule has 0 radical (unpaired) electrons. The maximum absolute atomic E-state index is 3.57. The lowest BCUT2D eigenvalue weighted by Gasteiger charge is -2.18. The van der Waals surface area contributed by atoms with Crippen LogP contribution in [0.2, 0.25) is 0 Å². The maximum atomic E-state index is 3.57. The van der Waals surface area contributed by atoms with Crippen molar-refractivity contribution in [2.75, 3.05) is 6.54 Å². The molecule has 0 unspecified atom stereocenters. The van der Waals surface area contributed by atoms with Gasteiger partial charge in [-0.3, -0.25) is 0 Å². The molecule has 0 saturated heterocycles. The number of benzene rings is 1. The molecule has 0 aliphatic carbocycles. The van der Waals surface area contributed by atoms with Gasteiger partial charge >= 0.3 is 0 Å². The van der Waals surface area contributed by atoms with E-state index in [1.165, 1.54) is 43.2 Å². The molecule has 0 aliphatic heterocycles. The molecular formula is C19H33N. The lowest BCUT2D eigenvalue weighted by molar-refractivity contribution is 0.411. The van der Waals surface area contributed by atoms with E-state index < -0.39 is 0 Å². The van der Waals surface area contributed by atoms with Gasteiger partial charge in [0.05, 0.1) is 0 Å². The van der Waals surface area contributed by atoms with Crippen molar-refractivity contribution in [3.63, 3.8) is 0 Å². The van der Waals surface area contributed by atoms with Crippen molar-refractivity contribution in [1.82, 2.24) is 5.32 Å². The van der Waals surface area contributed by atoms with Gasteiger partial charge in [-0.1, -0.05) is 77.6 Å². The van der Waals surface area contributed by atoms with Gasteiger partial charge in [0.15, 0.2) is 0 Å². The second-order valence-electron chi connectivity index (χ2n) is 7.15. The summed E-state index contributed by atoms with van der Waals surface area (Å²) in [6.45, 7) is 11.3. The van der Waals surface area contributed by atoms with Crippen molar-refractivity contribution in [3.8, 4) is 0 Å². The molecule has 114 valence electrons. The minimum atomic E-state index is 0.366. The largest absolute Gasteiger partial charge is 0.313 e. The molecule has 0 atom stereocenters. The van der Waals surface area contributed by atoms with E-state index in [1.807, 2.05) is 0 Å². The molecule has 1 N–H and O–H groups in total. The zero-order valence-corrected chi connectivity index (χ0v) is 14.0. The Morgan fingerprint density at radius 2 is 1.65 bits per heavy atom. The fourth-order valence-electron chi connectivity index (χ4n) is 2.55. The monoisotopic (exact) mass is 275 g/mol. The van der Waals surface area contributed by atoms with Crippen LogP contribution in [0.3, 0.4) is 0 Å². The van der Waals surface area contributed by atoms with E-state index in [4.69, 9.17) is 0 Å². The summed E-state index contributed by atoms with van der Waals surface area (Å²) >= 11 is 0. The Kier molecular flexibility index (Phi) is 7.91. The first-order chi connectivity index (χ1) is 9.51. The minimum absolute atomic E-state index is 0.366. The fourth-order valence-corrected chi connectivity index (χ4v) is 2.55. The molecule has 1 heteroatoms. The van der Waals surface area contributed by atoms with Crippen LogP contribution in [-0.2, 0) is 13.0 Å². The van der Waals surface area contributed by atoms with Crippen molar-refractivity contribution in [2.45, 2.75) is 72.8 Å². The topological polar surface area (TPSA) is 12.0 Å². The van der Waals surface area contributed by atoms with Crippen molar-refractivity contribution in [1.29, 1.82) is 0 Å². The molecule has 1 rings (SSSR count). The number of nitrogens with one attached hydrogen (secondary N) is 1. The molecule has 0 spiro atoms. The lowest BCUT2D eigenvalue weighted by atomic mass is 9.88. The highest BCUT2D eigenvalue weighted by Gasteiger charge is 2.11. The molecule has 0 amide bonds. The fraction of sp³-hybridized carbons (Fsp3) is 0.684. The van der Waals surface area contributed by atoms with Crippen LogP contribution in [0.15, 0.2) is 24.3 Å². The second kappa shape index (κ2) is 9.18. The average molecular weight is 275 g/mol. The lowest BCUT2D eigenvalue weighted by Crippen LogP contribution is -2.15. The van der Waals surface area contributed by atoms with Crippen LogP contribution in [0.5, 0.6) is 0 Å². The first-order valence-corrected chi connectivity index (χ1v) is 8.30. The highest BCUT2D eigenvalue weighted by atomic mass is 14.8. The molecule has 0 fully saturated rings. The predicted octanol–water partition coefficient (Wildman–Crippen LogP) is 5.34. The number of hydrogen-bond donors (Lipinski definition) is 1. The Morgan fingerprint density at radius 3 is 2.35 bits per heavy atom. The van der Waals surface area contributed by atoms with Gasteiger partial charge in [-0.25, -0.2) is 0 Å². The van der Waals surface area contributed by atoms with Gasteiger partial charge < -0.3 is 5.32 Å². The Labute approximate surface area is 126 Å². The van der Waals surface area contributed by atoms with E-state index in [-0.39, 0.29) is 0 Å². The van der Waals surface area contributed by atoms with Gasteiger partial charge in [-0.2, -0.15) is 0 Å². The summed E-state index contributed by atoms with van der Waals surface area (Å²) in [5, 5.41) is 3.57. The average Bonchev–Trinajstić information content (AvgIpc) is 2.36. The van der Waals surface area contributed by atoms with Gasteiger partial charge in [0, 0.05) is 6.54 Å². The van der Waals surface area contributed by atoms with Gasteiger partial charge in [0.2, 0.25) is 0 Å². The van der Waals surface area contributed by atoms with Crippen LogP contribution in [-0.4, -0.2) is 6.54 Å². The zero-order chi connectivity index (χ0) is 14.8. The molecule has 0 bridgehead atoms. The predicted molar refractivity (Wildman–Crippen MR) is 90.1 cm³/mol. The molecule has 1 aromatic carbocycles.